The largest absolute Gasteiger partial charge is 0.387 e. The van der Waals surface area contributed by atoms with Gasteiger partial charge in [0.25, 0.3) is 10.1 Å². The van der Waals surface area contributed by atoms with Crippen LogP contribution in [0.1, 0.15) is 149 Å². The van der Waals surface area contributed by atoms with Crippen molar-refractivity contribution in [1.29, 1.82) is 0 Å². The summed E-state index contributed by atoms with van der Waals surface area (Å²) in [6.45, 7) is 4.26. The lowest BCUT2D eigenvalue weighted by Gasteiger charge is -2.21. The van der Waals surface area contributed by atoms with E-state index in [0.29, 0.717) is 12.8 Å². The van der Waals surface area contributed by atoms with Gasteiger partial charge in [0.2, 0.25) is 5.91 Å². The minimum absolute atomic E-state index is 0.274. The fourth-order valence-electron chi connectivity index (χ4n) is 5.07. The molecular formula is C41H69NO5S. The maximum absolute atomic E-state index is 12.5. The molecule has 1 amide bonds. The predicted molar refractivity (Wildman–Crippen MR) is 207 cm³/mol. The molecule has 0 radical (unpaired) electrons. The normalized spacial score (nSPS) is 14.3. The Hall–Kier alpha value is -2.48. The van der Waals surface area contributed by atoms with Crippen LogP contribution in [0.2, 0.25) is 0 Å². The Morgan fingerprint density at radius 1 is 0.562 bits per heavy atom. The molecule has 0 saturated heterocycles. The molecule has 0 fully saturated rings. The summed E-state index contributed by atoms with van der Waals surface area (Å²) in [7, 11) is -4.36. The third-order valence-corrected chi connectivity index (χ3v) is 8.57. The van der Waals surface area contributed by atoms with Crippen LogP contribution in [0.5, 0.6) is 0 Å². The van der Waals surface area contributed by atoms with Crippen molar-refractivity contribution in [2.45, 2.75) is 161 Å². The SMILES string of the molecule is CC/C=C\C/C=C\C/C=C\C/C=C\CCCCCCCCCCCCC(=O)NC(CS(=O)(=O)O)C(O)/C=C/CC/C=C/CC/C=C/CC. The quantitative estimate of drug-likeness (QED) is 0.0371. The number of amides is 1. The molecule has 0 rings (SSSR count). The molecule has 274 valence electrons. The topological polar surface area (TPSA) is 104 Å². The predicted octanol–water partition coefficient (Wildman–Crippen LogP) is 10.8. The Morgan fingerprint density at radius 3 is 1.48 bits per heavy atom. The molecule has 48 heavy (non-hydrogen) atoms. The fraction of sp³-hybridized carbons (Fsp3) is 0.634. The highest BCUT2D eigenvalue weighted by Gasteiger charge is 2.24. The molecule has 0 aromatic carbocycles. The number of unbranched alkanes of at least 4 members (excludes halogenated alkanes) is 12. The van der Waals surface area contributed by atoms with Crippen LogP contribution in [0.3, 0.4) is 0 Å². The van der Waals surface area contributed by atoms with Crippen LogP contribution >= 0.6 is 0 Å². The van der Waals surface area contributed by atoms with Crippen molar-refractivity contribution in [3.63, 3.8) is 0 Å². The highest BCUT2D eigenvalue weighted by atomic mass is 32.2. The van der Waals surface area contributed by atoms with Gasteiger partial charge in [-0.2, -0.15) is 8.42 Å². The first-order valence-corrected chi connectivity index (χ1v) is 20.4. The van der Waals surface area contributed by atoms with Crippen molar-refractivity contribution in [3.8, 4) is 0 Å². The minimum atomic E-state index is -4.36. The monoisotopic (exact) mass is 687 g/mol. The number of nitrogens with one attached hydrogen (secondary N) is 1. The van der Waals surface area contributed by atoms with Gasteiger partial charge in [-0.3, -0.25) is 9.35 Å². The Labute approximate surface area is 295 Å². The molecule has 2 unspecified atom stereocenters. The molecule has 6 nitrogen and oxygen atoms in total. The van der Waals surface area contributed by atoms with Gasteiger partial charge in [-0.1, -0.05) is 150 Å². The molecule has 0 aromatic heterocycles. The number of hydrogen-bond donors (Lipinski definition) is 3. The van der Waals surface area contributed by atoms with E-state index in [2.05, 4.69) is 92.1 Å². The molecule has 0 bridgehead atoms. The van der Waals surface area contributed by atoms with E-state index in [1.165, 1.54) is 44.6 Å². The first kappa shape index (κ1) is 45.5. The third-order valence-electron chi connectivity index (χ3n) is 7.79. The average molecular weight is 688 g/mol. The van der Waals surface area contributed by atoms with Gasteiger partial charge in [0.15, 0.2) is 0 Å². The Balaban J connectivity index is 3.92. The second-order valence-corrected chi connectivity index (χ2v) is 13.9. The molecule has 0 aliphatic carbocycles. The maximum atomic E-state index is 12.5. The van der Waals surface area contributed by atoms with Crippen molar-refractivity contribution >= 4 is 16.0 Å². The van der Waals surface area contributed by atoms with Gasteiger partial charge in [0.05, 0.1) is 17.9 Å². The van der Waals surface area contributed by atoms with Crippen molar-refractivity contribution in [2.24, 2.45) is 0 Å². The summed E-state index contributed by atoms with van der Waals surface area (Å²) in [5.41, 5.74) is 0. The number of allylic oxidation sites excluding steroid dienone is 13. The van der Waals surface area contributed by atoms with Crippen LogP contribution in [0.4, 0.5) is 0 Å². The van der Waals surface area contributed by atoms with Crippen LogP contribution in [-0.2, 0) is 14.9 Å². The van der Waals surface area contributed by atoms with Crippen molar-refractivity contribution in [3.05, 3.63) is 85.1 Å². The number of rotatable bonds is 32. The lowest BCUT2D eigenvalue weighted by atomic mass is 10.0. The van der Waals surface area contributed by atoms with Crippen LogP contribution in [0, 0.1) is 0 Å². The highest BCUT2D eigenvalue weighted by molar-refractivity contribution is 7.85. The number of carbonyl (C=O) groups is 1. The zero-order valence-corrected chi connectivity index (χ0v) is 31.1. The Bertz CT molecular complexity index is 1070. The number of aliphatic hydroxyl groups excluding tert-OH is 1. The average Bonchev–Trinajstić information content (AvgIpc) is 3.05. The molecule has 0 aromatic rings. The van der Waals surface area contributed by atoms with Gasteiger partial charge in [-0.25, -0.2) is 0 Å². The summed E-state index contributed by atoms with van der Waals surface area (Å²) in [5, 5.41) is 13.1. The molecular weight excluding hydrogens is 619 g/mol. The summed E-state index contributed by atoms with van der Waals surface area (Å²) >= 11 is 0. The van der Waals surface area contributed by atoms with Crippen LogP contribution in [0.25, 0.3) is 0 Å². The summed E-state index contributed by atoms with van der Waals surface area (Å²) < 4.78 is 32.3. The Morgan fingerprint density at radius 2 is 0.958 bits per heavy atom. The third kappa shape index (κ3) is 34.8. The smallest absolute Gasteiger partial charge is 0.267 e. The molecule has 2 atom stereocenters. The maximum Gasteiger partial charge on any atom is 0.267 e. The molecule has 0 spiro atoms. The summed E-state index contributed by atoms with van der Waals surface area (Å²) in [6.07, 6.45) is 50.1. The molecule has 0 aliphatic rings. The second kappa shape index (κ2) is 34.4. The summed E-state index contributed by atoms with van der Waals surface area (Å²) in [5.74, 6) is -1.03. The van der Waals surface area contributed by atoms with Gasteiger partial charge < -0.3 is 10.4 Å². The molecule has 0 aliphatic heterocycles. The van der Waals surface area contributed by atoms with E-state index in [1.54, 1.807) is 6.08 Å². The molecule has 7 heteroatoms. The van der Waals surface area contributed by atoms with E-state index in [0.717, 1.165) is 77.0 Å². The van der Waals surface area contributed by atoms with Crippen molar-refractivity contribution < 1.29 is 22.9 Å². The first-order chi connectivity index (χ1) is 23.3. The summed E-state index contributed by atoms with van der Waals surface area (Å²) in [4.78, 5) is 12.5. The Kier molecular flexibility index (Phi) is 32.6. The number of aliphatic hydroxyl groups is 1. The van der Waals surface area contributed by atoms with Crippen molar-refractivity contribution in [2.75, 3.05) is 5.75 Å². The number of hydrogen-bond acceptors (Lipinski definition) is 4. The van der Waals surface area contributed by atoms with Gasteiger partial charge >= 0.3 is 0 Å². The van der Waals surface area contributed by atoms with E-state index in [9.17, 15) is 22.9 Å². The van der Waals surface area contributed by atoms with E-state index in [1.807, 2.05) is 0 Å². The van der Waals surface area contributed by atoms with Crippen LogP contribution in [-0.4, -0.2) is 41.9 Å². The number of carbonyl (C=O) groups excluding carboxylic acids is 1. The van der Waals surface area contributed by atoms with Crippen LogP contribution in [0.15, 0.2) is 85.1 Å². The van der Waals surface area contributed by atoms with E-state index < -0.39 is 28.0 Å². The fourth-order valence-corrected chi connectivity index (χ4v) is 5.80. The molecule has 0 heterocycles. The minimum Gasteiger partial charge on any atom is -0.387 e. The van der Waals surface area contributed by atoms with E-state index in [-0.39, 0.29) is 12.3 Å². The molecule has 0 saturated carbocycles. The lowest BCUT2D eigenvalue weighted by Crippen LogP contribution is -2.46. The van der Waals surface area contributed by atoms with Gasteiger partial charge in [0, 0.05) is 6.42 Å². The summed E-state index contributed by atoms with van der Waals surface area (Å²) in [6, 6.07) is -1.08. The highest BCUT2D eigenvalue weighted by Crippen LogP contribution is 2.13. The standard InChI is InChI=1S/C41H69NO5S/c1-3-5-7-9-11-13-15-16-17-18-19-20-21-22-23-24-25-26-27-29-31-33-35-37-41(44)42-39(38-48(45,46)47)40(43)36-34-32-30-28-14-12-10-8-6-4-2/h5-8,11,13-14,16-17,19-20,28,34,36,39-40,43H,3-4,9-10,12,15,18,21-27,29-33,35,37-38H2,1-2H3,(H,42,44)(H,45,46,47)/b7-5-,8-6+,13-11-,17-16-,20-19-,28-14+,36-34+. The zero-order valence-electron chi connectivity index (χ0n) is 30.3. The first-order valence-electron chi connectivity index (χ1n) is 18.8. The lowest BCUT2D eigenvalue weighted by molar-refractivity contribution is -0.122. The van der Waals surface area contributed by atoms with E-state index in [4.69, 9.17) is 0 Å². The zero-order chi connectivity index (χ0) is 35.4. The van der Waals surface area contributed by atoms with E-state index >= 15 is 0 Å². The van der Waals surface area contributed by atoms with Crippen molar-refractivity contribution in [1.82, 2.24) is 5.32 Å². The van der Waals surface area contributed by atoms with Crippen LogP contribution < -0.4 is 5.32 Å². The van der Waals surface area contributed by atoms with Gasteiger partial charge in [-0.05, 0) is 77.0 Å². The van der Waals surface area contributed by atoms with Gasteiger partial charge in [-0.15, -0.1) is 0 Å². The van der Waals surface area contributed by atoms with Gasteiger partial charge in [0.1, 0.15) is 0 Å². The molecule has 3 N–H and O–H groups in total. The second-order valence-electron chi connectivity index (χ2n) is 12.4.